The quantitative estimate of drug-likeness (QED) is 0.795. The number of aromatic nitrogens is 1. The number of fused-ring (bicyclic) bond motifs is 1. The number of nitrogens with zero attached hydrogens (tertiary/aromatic N) is 1. The predicted molar refractivity (Wildman–Crippen MR) is 65.8 cm³/mol. The lowest BCUT2D eigenvalue weighted by atomic mass is 10.0. The zero-order valence-electron chi connectivity index (χ0n) is 10.3. The number of carboxylic acid groups (broad SMARTS) is 1. The Kier molecular flexibility index (Phi) is 2.38. The monoisotopic (exact) mass is 233 g/mol. The van der Waals surface area contributed by atoms with Crippen molar-refractivity contribution in [2.75, 3.05) is 0 Å². The first-order valence-electron chi connectivity index (χ1n) is 5.37. The van der Waals surface area contributed by atoms with Crippen molar-refractivity contribution in [3.05, 3.63) is 28.5 Å². The zero-order chi connectivity index (χ0) is 12.9. The Hall–Kier alpha value is -1.97. The molecule has 0 amide bonds. The van der Waals surface area contributed by atoms with Gasteiger partial charge in [-0.2, -0.15) is 0 Å². The molecule has 0 unspecified atom stereocenters. The molecule has 0 aliphatic heterocycles. The van der Waals surface area contributed by atoms with Crippen molar-refractivity contribution in [2.24, 2.45) is 7.05 Å². The average molecular weight is 233 g/mol. The van der Waals surface area contributed by atoms with E-state index in [9.17, 15) is 15.0 Å². The van der Waals surface area contributed by atoms with Crippen molar-refractivity contribution in [3.8, 4) is 5.75 Å². The number of carbonyl (C=O) groups is 1. The van der Waals surface area contributed by atoms with Gasteiger partial charge in [0.1, 0.15) is 5.75 Å². The minimum absolute atomic E-state index is 0.142. The maximum Gasteiger partial charge on any atom is 0.338 e. The van der Waals surface area contributed by atoms with Gasteiger partial charge >= 0.3 is 5.97 Å². The van der Waals surface area contributed by atoms with Gasteiger partial charge in [0.15, 0.2) is 0 Å². The lowest BCUT2D eigenvalue weighted by Crippen LogP contribution is -1.99. The molecular weight excluding hydrogens is 218 g/mol. The summed E-state index contributed by atoms with van der Waals surface area (Å²) in [6, 6.07) is 1.67. The summed E-state index contributed by atoms with van der Waals surface area (Å²) in [5.41, 5.74) is 3.34. The summed E-state index contributed by atoms with van der Waals surface area (Å²) in [7, 11) is 1.84. The van der Waals surface area contributed by atoms with Crippen LogP contribution in [0.15, 0.2) is 6.07 Å². The maximum absolute atomic E-state index is 11.3. The van der Waals surface area contributed by atoms with Gasteiger partial charge in [-0.3, -0.25) is 0 Å². The van der Waals surface area contributed by atoms with Gasteiger partial charge in [0.05, 0.1) is 11.1 Å². The van der Waals surface area contributed by atoms with E-state index in [2.05, 4.69) is 0 Å². The van der Waals surface area contributed by atoms with Crippen molar-refractivity contribution in [1.82, 2.24) is 4.57 Å². The van der Waals surface area contributed by atoms with Gasteiger partial charge in [-0.05, 0) is 32.4 Å². The Balaban J connectivity index is 3.12. The van der Waals surface area contributed by atoms with E-state index in [0.29, 0.717) is 16.6 Å². The minimum Gasteiger partial charge on any atom is -0.508 e. The fourth-order valence-corrected chi connectivity index (χ4v) is 2.40. The second-order valence-corrected chi connectivity index (χ2v) is 4.39. The van der Waals surface area contributed by atoms with Crippen LogP contribution >= 0.6 is 0 Å². The van der Waals surface area contributed by atoms with Gasteiger partial charge in [0, 0.05) is 23.7 Å². The number of phenols is 1. The SMILES string of the molecule is Cc1c(O)cc(C)c2c1c(C(=O)O)c(C)n2C. The highest BCUT2D eigenvalue weighted by atomic mass is 16.4. The topological polar surface area (TPSA) is 62.5 Å². The second kappa shape index (κ2) is 3.52. The summed E-state index contributed by atoms with van der Waals surface area (Å²) in [6.07, 6.45) is 0. The Bertz CT molecular complexity index is 638. The molecule has 2 aromatic rings. The number of hydrogen-bond donors (Lipinski definition) is 2. The van der Waals surface area contributed by atoms with Crippen LogP contribution in [-0.4, -0.2) is 20.7 Å². The minimum atomic E-state index is -0.957. The molecule has 0 atom stereocenters. The van der Waals surface area contributed by atoms with E-state index in [1.165, 1.54) is 0 Å². The van der Waals surface area contributed by atoms with Crippen LogP contribution in [0.3, 0.4) is 0 Å². The van der Waals surface area contributed by atoms with Crippen LogP contribution in [0.4, 0.5) is 0 Å². The van der Waals surface area contributed by atoms with Crippen LogP contribution in [0.5, 0.6) is 5.75 Å². The highest BCUT2D eigenvalue weighted by Gasteiger charge is 2.22. The highest BCUT2D eigenvalue weighted by Crippen LogP contribution is 2.35. The second-order valence-electron chi connectivity index (χ2n) is 4.39. The van der Waals surface area contributed by atoms with Crippen molar-refractivity contribution in [3.63, 3.8) is 0 Å². The van der Waals surface area contributed by atoms with Crippen molar-refractivity contribution in [1.29, 1.82) is 0 Å². The first kappa shape index (κ1) is 11.5. The molecule has 0 bridgehead atoms. The fraction of sp³-hybridized carbons (Fsp3) is 0.308. The molecule has 0 saturated heterocycles. The van der Waals surface area contributed by atoms with E-state index in [0.717, 1.165) is 11.1 Å². The molecule has 4 heteroatoms. The van der Waals surface area contributed by atoms with Crippen LogP contribution in [0, 0.1) is 20.8 Å². The molecule has 0 fully saturated rings. The Morgan fingerprint density at radius 3 is 2.41 bits per heavy atom. The molecule has 2 rings (SSSR count). The normalized spacial score (nSPS) is 11.1. The third-order valence-corrected chi connectivity index (χ3v) is 3.39. The lowest BCUT2D eigenvalue weighted by Gasteiger charge is -2.06. The van der Waals surface area contributed by atoms with Crippen LogP contribution in [0.2, 0.25) is 0 Å². The van der Waals surface area contributed by atoms with Crippen molar-refractivity contribution < 1.29 is 15.0 Å². The molecule has 4 nitrogen and oxygen atoms in total. The number of carboxylic acids is 1. The summed E-state index contributed by atoms with van der Waals surface area (Å²) in [5.74, 6) is -0.815. The van der Waals surface area contributed by atoms with Gasteiger partial charge in [-0.15, -0.1) is 0 Å². The Morgan fingerprint density at radius 2 is 1.88 bits per heavy atom. The average Bonchev–Trinajstić information content (AvgIpc) is 2.49. The smallest absolute Gasteiger partial charge is 0.338 e. The van der Waals surface area contributed by atoms with E-state index >= 15 is 0 Å². The van der Waals surface area contributed by atoms with Crippen LogP contribution in [0.25, 0.3) is 10.9 Å². The standard InChI is InChI=1S/C13H15NO3/c1-6-5-9(15)7(2)10-11(13(16)17)8(3)14(4)12(6)10/h5,15H,1-4H3,(H,16,17). The number of aromatic hydroxyl groups is 1. The summed E-state index contributed by atoms with van der Waals surface area (Å²) in [4.78, 5) is 11.3. The van der Waals surface area contributed by atoms with E-state index in [-0.39, 0.29) is 11.3 Å². The van der Waals surface area contributed by atoms with Crippen LogP contribution in [0.1, 0.15) is 27.2 Å². The van der Waals surface area contributed by atoms with Gasteiger partial charge in [0.25, 0.3) is 0 Å². The maximum atomic E-state index is 11.3. The van der Waals surface area contributed by atoms with E-state index < -0.39 is 5.97 Å². The van der Waals surface area contributed by atoms with Crippen molar-refractivity contribution in [2.45, 2.75) is 20.8 Å². The molecular formula is C13H15NO3. The molecule has 90 valence electrons. The van der Waals surface area contributed by atoms with Gasteiger partial charge in [-0.1, -0.05) is 0 Å². The Labute approximate surface area is 99.1 Å². The number of aromatic carboxylic acids is 1. The molecule has 1 heterocycles. The summed E-state index contributed by atoms with van der Waals surface area (Å²) < 4.78 is 1.86. The molecule has 2 N–H and O–H groups in total. The first-order chi connectivity index (χ1) is 7.86. The first-order valence-corrected chi connectivity index (χ1v) is 5.37. The molecule has 0 aliphatic carbocycles. The molecule has 0 saturated carbocycles. The van der Waals surface area contributed by atoms with Crippen LogP contribution in [-0.2, 0) is 7.05 Å². The number of rotatable bonds is 1. The predicted octanol–water partition coefficient (Wildman–Crippen LogP) is 2.51. The van der Waals surface area contributed by atoms with Gasteiger partial charge in [-0.25, -0.2) is 4.79 Å². The number of hydrogen-bond acceptors (Lipinski definition) is 2. The molecule has 17 heavy (non-hydrogen) atoms. The molecule has 0 radical (unpaired) electrons. The number of aryl methyl sites for hydroxylation is 3. The third-order valence-electron chi connectivity index (χ3n) is 3.39. The van der Waals surface area contributed by atoms with Crippen LogP contribution < -0.4 is 0 Å². The largest absolute Gasteiger partial charge is 0.508 e. The highest BCUT2D eigenvalue weighted by molar-refractivity contribution is 6.07. The third kappa shape index (κ3) is 1.40. The molecule has 0 spiro atoms. The summed E-state index contributed by atoms with van der Waals surface area (Å²) >= 11 is 0. The van der Waals surface area contributed by atoms with E-state index in [1.807, 2.05) is 18.5 Å². The lowest BCUT2D eigenvalue weighted by molar-refractivity contribution is 0.0698. The van der Waals surface area contributed by atoms with Crippen molar-refractivity contribution >= 4 is 16.9 Å². The van der Waals surface area contributed by atoms with Gasteiger partial charge < -0.3 is 14.8 Å². The van der Waals surface area contributed by atoms with E-state index in [1.54, 1.807) is 19.9 Å². The molecule has 0 aliphatic rings. The summed E-state index contributed by atoms with van der Waals surface area (Å²) in [6.45, 7) is 5.38. The number of benzene rings is 1. The summed E-state index contributed by atoms with van der Waals surface area (Å²) in [5, 5.41) is 19.7. The van der Waals surface area contributed by atoms with E-state index in [4.69, 9.17) is 0 Å². The zero-order valence-corrected chi connectivity index (χ0v) is 10.3. The molecule has 1 aromatic heterocycles. The molecule has 1 aromatic carbocycles. The van der Waals surface area contributed by atoms with Gasteiger partial charge in [0.2, 0.25) is 0 Å². The fourth-order valence-electron chi connectivity index (χ4n) is 2.40. The number of phenolic OH excluding ortho intramolecular Hbond substituents is 1. The Morgan fingerprint density at radius 1 is 1.29 bits per heavy atom.